The monoisotopic (exact) mass is 259 g/mol. The van der Waals surface area contributed by atoms with Gasteiger partial charge in [-0.15, -0.1) is 0 Å². The second kappa shape index (κ2) is 5.55. The molecule has 2 heterocycles. The number of hydrogen-bond donors (Lipinski definition) is 1. The zero-order valence-electron chi connectivity index (χ0n) is 10.7. The standard InChI is InChI=1S/C15H17NO3/c17-8-13-7-12-3-1-2-4-14(12)15(16-13)19-10-11-5-6-18-9-11/h1-4,7,11,17H,5-6,8-10H2. The lowest BCUT2D eigenvalue weighted by molar-refractivity contribution is 0.166. The van der Waals surface area contributed by atoms with Crippen LogP contribution in [0.15, 0.2) is 30.3 Å². The van der Waals surface area contributed by atoms with Gasteiger partial charge in [0.1, 0.15) is 0 Å². The van der Waals surface area contributed by atoms with Crippen molar-refractivity contribution in [1.82, 2.24) is 4.98 Å². The summed E-state index contributed by atoms with van der Waals surface area (Å²) in [7, 11) is 0. The molecule has 2 aromatic rings. The number of fused-ring (bicyclic) bond motifs is 1. The predicted molar refractivity (Wildman–Crippen MR) is 72.1 cm³/mol. The van der Waals surface area contributed by atoms with Crippen LogP contribution in [0.4, 0.5) is 0 Å². The molecule has 1 aromatic heterocycles. The Morgan fingerprint density at radius 2 is 2.26 bits per heavy atom. The average molecular weight is 259 g/mol. The summed E-state index contributed by atoms with van der Waals surface area (Å²) in [5.74, 6) is 1.05. The first-order chi connectivity index (χ1) is 9.36. The molecule has 0 radical (unpaired) electrons. The number of pyridine rings is 1. The van der Waals surface area contributed by atoms with Gasteiger partial charge in [-0.05, 0) is 23.9 Å². The van der Waals surface area contributed by atoms with Gasteiger partial charge in [0, 0.05) is 17.9 Å². The number of hydrogen-bond acceptors (Lipinski definition) is 4. The van der Waals surface area contributed by atoms with Crippen molar-refractivity contribution in [2.75, 3.05) is 19.8 Å². The van der Waals surface area contributed by atoms with Crippen molar-refractivity contribution < 1.29 is 14.6 Å². The Morgan fingerprint density at radius 1 is 1.37 bits per heavy atom. The van der Waals surface area contributed by atoms with Crippen molar-refractivity contribution >= 4 is 10.8 Å². The van der Waals surface area contributed by atoms with Crippen molar-refractivity contribution in [2.45, 2.75) is 13.0 Å². The van der Waals surface area contributed by atoms with E-state index < -0.39 is 0 Å². The molecule has 0 aliphatic carbocycles. The lowest BCUT2D eigenvalue weighted by Gasteiger charge is -2.12. The lowest BCUT2D eigenvalue weighted by Crippen LogP contribution is -2.12. The summed E-state index contributed by atoms with van der Waals surface area (Å²) in [6.45, 7) is 2.12. The zero-order chi connectivity index (χ0) is 13.1. The van der Waals surface area contributed by atoms with E-state index in [0.29, 0.717) is 24.1 Å². The molecule has 0 spiro atoms. The summed E-state index contributed by atoms with van der Waals surface area (Å²) in [4.78, 5) is 4.37. The molecule has 0 saturated carbocycles. The SMILES string of the molecule is OCc1cc2ccccc2c(OCC2CCOC2)n1. The average Bonchev–Trinajstić information content (AvgIpc) is 2.97. The van der Waals surface area contributed by atoms with Gasteiger partial charge in [0.15, 0.2) is 0 Å². The van der Waals surface area contributed by atoms with E-state index >= 15 is 0 Å². The van der Waals surface area contributed by atoms with Gasteiger partial charge in [0.05, 0.1) is 25.5 Å². The van der Waals surface area contributed by atoms with Gasteiger partial charge in [-0.1, -0.05) is 18.2 Å². The highest BCUT2D eigenvalue weighted by atomic mass is 16.5. The molecule has 0 bridgehead atoms. The van der Waals surface area contributed by atoms with Crippen LogP contribution < -0.4 is 4.74 Å². The van der Waals surface area contributed by atoms with Gasteiger partial charge in [0.2, 0.25) is 5.88 Å². The first-order valence-corrected chi connectivity index (χ1v) is 6.57. The van der Waals surface area contributed by atoms with Crippen LogP contribution in [0, 0.1) is 5.92 Å². The second-order valence-electron chi connectivity index (χ2n) is 4.84. The molecule has 1 fully saturated rings. The highest BCUT2D eigenvalue weighted by Gasteiger charge is 2.17. The topological polar surface area (TPSA) is 51.6 Å². The minimum absolute atomic E-state index is 0.0757. The van der Waals surface area contributed by atoms with E-state index in [2.05, 4.69) is 4.98 Å². The fourth-order valence-electron chi connectivity index (χ4n) is 2.32. The van der Waals surface area contributed by atoms with Crippen LogP contribution in [0.25, 0.3) is 10.8 Å². The maximum atomic E-state index is 9.26. The molecule has 1 unspecified atom stereocenters. The van der Waals surface area contributed by atoms with Crippen LogP contribution in [0.5, 0.6) is 5.88 Å². The molecule has 0 amide bonds. The molecule has 1 aromatic carbocycles. The highest BCUT2D eigenvalue weighted by Crippen LogP contribution is 2.25. The van der Waals surface area contributed by atoms with Crippen molar-refractivity contribution in [3.8, 4) is 5.88 Å². The van der Waals surface area contributed by atoms with E-state index in [1.54, 1.807) is 0 Å². The van der Waals surface area contributed by atoms with Gasteiger partial charge >= 0.3 is 0 Å². The van der Waals surface area contributed by atoms with Gasteiger partial charge in [-0.2, -0.15) is 0 Å². The Bertz CT molecular complexity index is 564. The molecule has 1 aliphatic rings. The Kier molecular flexibility index (Phi) is 3.62. The first kappa shape index (κ1) is 12.4. The summed E-state index contributed by atoms with van der Waals surface area (Å²) < 4.78 is 11.2. The minimum Gasteiger partial charge on any atom is -0.477 e. The van der Waals surface area contributed by atoms with Crippen molar-refractivity contribution in [2.24, 2.45) is 5.92 Å². The zero-order valence-corrected chi connectivity index (χ0v) is 10.7. The predicted octanol–water partition coefficient (Wildman–Crippen LogP) is 2.14. The normalized spacial score (nSPS) is 18.9. The first-order valence-electron chi connectivity index (χ1n) is 6.57. The van der Waals surface area contributed by atoms with Crippen molar-refractivity contribution in [3.05, 3.63) is 36.0 Å². The maximum Gasteiger partial charge on any atom is 0.221 e. The third-order valence-corrected chi connectivity index (χ3v) is 3.40. The van der Waals surface area contributed by atoms with E-state index in [1.165, 1.54) is 0 Å². The van der Waals surface area contributed by atoms with Crippen molar-refractivity contribution in [3.63, 3.8) is 0 Å². The highest BCUT2D eigenvalue weighted by molar-refractivity contribution is 5.87. The van der Waals surface area contributed by atoms with Gasteiger partial charge in [-0.3, -0.25) is 0 Å². The molecule has 4 nitrogen and oxygen atoms in total. The van der Waals surface area contributed by atoms with E-state index in [-0.39, 0.29) is 6.61 Å². The molecular formula is C15H17NO3. The lowest BCUT2D eigenvalue weighted by atomic mass is 10.1. The number of ether oxygens (including phenoxy) is 2. The Morgan fingerprint density at radius 3 is 3.05 bits per heavy atom. The van der Waals surface area contributed by atoms with E-state index in [4.69, 9.17) is 9.47 Å². The molecule has 4 heteroatoms. The van der Waals surface area contributed by atoms with Crippen LogP contribution in [0.2, 0.25) is 0 Å². The number of rotatable bonds is 4. The number of aliphatic hydroxyl groups is 1. The molecule has 1 N–H and O–H groups in total. The van der Waals surface area contributed by atoms with E-state index in [0.717, 1.165) is 30.4 Å². The summed E-state index contributed by atoms with van der Waals surface area (Å²) >= 11 is 0. The van der Waals surface area contributed by atoms with Gasteiger partial charge in [-0.25, -0.2) is 4.98 Å². The van der Waals surface area contributed by atoms with Crippen molar-refractivity contribution in [1.29, 1.82) is 0 Å². The smallest absolute Gasteiger partial charge is 0.221 e. The Balaban J connectivity index is 1.87. The summed E-state index contributed by atoms with van der Waals surface area (Å²) in [6, 6.07) is 9.82. The molecule has 1 atom stereocenters. The van der Waals surface area contributed by atoms with E-state index in [9.17, 15) is 5.11 Å². The number of nitrogens with zero attached hydrogens (tertiary/aromatic N) is 1. The largest absolute Gasteiger partial charge is 0.477 e. The molecule has 1 aliphatic heterocycles. The molecule has 3 rings (SSSR count). The van der Waals surface area contributed by atoms with Crippen LogP contribution in [0.1, 0.15) is 12.1 Å². The summed E-state index contributed by atoms with van der Waals surface area (Å²) in [5.41, 5.74) is 0.636. The maximum absolute atomic E-state index is 9.26. The fourth-order valence-corrected chi connectivity index (χ4v) is 2.32. The quantitative estimate of drug-likeness (QED) is 0.914. The Hall–Kier alpha value is -1.65. The number of aliphatic hydroxyl groups excluding tert-OH is 1. The second-order valence-corrected chi connectivity index (χ2v) is 4.84. The minimum atomic E-state index is -0.0757. The third-order valence-electron chi connectivity index (χ3n) is 3.40. The van der Waals surface area contributed by atoms with Gasteiger partial charge in [0.25, 0.3) is 0 Å². The fraction of sp³-hybridized carbons (Fsp3) is 0.400. The summed E-state index contributed by atoms with van der Waals surface area (Å²) in [5, 5.41) is 11.3. The number of benzene rings is 1. The van der Waals surface area contributed by atoms with Gasteiger partial charge < -0.3 is 14.6 Å². The van der Waals surface area contributed by atoms with Crippen LogP contribution in [0.3, 0.4) is 0 Å². The summed E-state index contributed by atoms with van der Waals surface area (Å²) in [6.07, 6.45) is 1.04. The molecule has 100 valence electrons. The van der Waals surface area contributed by atoms with Crippen LogP contribution in [-0.4, -0.2) is 29.9 Å². The van der Waals surface area contributed by atoms with Crippen LogP contribution >= 0.6 is 0 Å². The molecule has 1 saturated heterocycles. The van der Waals surface area contributed by atoms with Crippen LogP contribution in [-0.2, 0) is 11.3 Å². The molecule has 19 heavy (non-hydrogen) atoms. The molecular weight excluding hydrogens is 242 g/mol. The third kappa shape index (κ3) is 2.69. The Labute approximate surface area is 112 Å². The van der Waals surface area contributed by atoms with E-state index in [1.807, 2.05) is 30.3 Å². The number of aromatic nitrogens is 1.